The van der Waals surface area contributed by atoms with Gasteiger partial charge < -0.3 is 5.32 Å². The van der Waals surface area contributed by atoms with Crippen molar-refractivity contribution in [3.63, 3.8) is 0 Å². The van der Waals surface area contributed by atoms with Crippen LogP contribution in [0.1, 0.15) is 25.8 Å². The lowest BCUT2D eigenvalue weighted by Crippen LogP contribution is -2.23. The van der Waals surface area contributed by atoms with E-state index in [2.05, 4.69) is 15.5 Å². The first-order valence-electron chi connectivity index (χ1n) is 10.9. The molecule has 1 saturated carbocycles. The molecule has 0 saturated heterocycles. The Hall–Kier alpha value is -3.45. The average Bonchev–Trinajstić information content (AvgIpc) is 3.60. The molecule has 1 atom stereocenters. The van der Waals surface area contributed by atoms with Crippen LogP contribution in [0.15, 0.2) is 84.0 Å². The number of anilines is 1. The maximum absolute atomic E-state index is 14.4. The summed E-state index contributed by atoms with van der Waals surface area (Å²) < 4.78 is 16.4. The number of nitrogens with zero attached hydrogens (tertiary/aromatic N) is 3. The molecule has 1 heterocycles. The van der Waals surface area contributed by atoms with Crippen LogP contribution in [0.5, 0.6) is 0 Å². The predicted molar refractivity (Wildman–Crippen MR) is 130 cm³/mol. The number of nitrogens with one attached hydrogen (secondary N) is 1. The minimum atomic E-state index is -0.413. The van der Waals surface area contributed by atoms with E-state index in [1.807, 2.05) is 66.1 Å². The molecule has 3 aromatic carbocycles. The fourth-order valence-corrected chi connectivity index (χ4v) is 4.67. The van der Waals surface area contributed by atoms with Crippen molar-refractivity contribution in [2.75, 3.05) is 5.32 Å². The van der Waals surface area contributed by atoms with Gasteiger partial charge in [-0.15, -0.1) is 10.2 Å². The molecule has 1 fully saturated rings. The van der Waals surface area contributed by atoms with Crippen LogP contribution in [0, 0.1) is 5.82 Å². The molecule has 0 unspecified atom stereocenters. The molecule has 1 aliphatic carbocycles. The van der Waals surface area contributed by atoms with Gasteiger partial charge in [0.1, 0.15) is 5.82 Å². The number of carbonyl (C=O) groups is 1. The van der Waals surface area contributed by atoms with E-state index in [1.165, 1.54) is 17.8 Å². The van der Waals surface area contributed by atoms with E-state index < -0.39 is 5.25 Å². The molecule has 0 spiro atoms. The summed E-state index contributed by atoms with van der Waals surface area (Å²) in [5.41, 5.74) is 3.19. The Morgan fingerprint density at radius 3 is 2.36 bits per heavy atom. The summed E-state index contributed by atoms with van der Waals surface area (Å²) >= 11 is 1.34. The normalized spacial score (nSPS) is 14.1. The Morgan fingerprint density at radius 1 is 0.970 bits per heavy atom. The second kappa shape index (κ2) is 9.19. The molecule has 7 heteroatoms. The standard InChI is InChI=1S/C26H23FN4OS/c1-17(25(32)28-23-14-8-6-11-20(23)18-9-3-2-4-10-18)33-26-30-29-24(31(26)19-15-16-19)21-12-5-7-13-22(21)27/h2-14,17,19H,15-16H2,1H3,(H,28,32)/t17-/m0/s1. The number of carbonyl (C=O) groups excluding carboxylic acids is 1. The van der Waals surface area contributed by atoms with Gasteiger partial charge in [-0.05, 0) is 43.5 Å². The Balaban J connectivity index is 1.37. The van der Waals surface area contributed by atoms with Gasteiger partial charge in [-0.3, -0.25) is 9.36 Å². The molecule has 1 N–H and O–H groups in total. The number of amides is 1. The van der Waals surface area contributed by atoms with Crippen LogP contribution in [-0.4, -0.2) is 25.9 Å². The van der Waals surface area contributed by atoms with Crippen molar-refractivity contribution in [2.24, 2.45) is 0 Å². The molecule has 1 amide bonds. The average molecular weight is 459 g/mol. The first-order valence-corrected chi connectivity index (χ1v) is 11.8. The number of thioether (sulfide) groups is 1. The van der Waals surface area contributed by atoms with Gasteiger partial charge in [-0.25, -0.2) is 4.39 Å². The highest BCUT2D eigenvalue weighted by Gasteiger charge is 2.32. The second-order valence-corrected chi connectivity index (χ2v) is 9.36. The van der Waals surface area contributed by atoms with Crippen molar-refractivity contribution in [3.8, 4) is 22.5 Å². The molecular formula is C26H23FN4OS. The minimum absolute atomic E-state index is 0.124. The molecule has 4 aromatic rings. The van der Waals surface area contributed by atoms with Crippen molar-refractivity contribution in [1.82, 2.24) is 14.8 Å². The van der Waals surface area contributed by atoms with Crippen molar-refractivity contribution in [3.05, 3.63) is 84.7 Å². The van der Waals surface area contributed by atoms with Gasteiger partial charge in [-0.2, -0.15) is 0 Å². The molecule has 1 aromatic heterocycles. The highest BCUT2D eigenvalue weighted by Crippen LogP contribution is 2.42. The third-order valence-corrected chi connectivity index (χ3v) is 6.67. The van der Waals surface area contributed by atoms with Gasteiger partial charge in [-0.1, -0.05) is 72.4 Å². The summed E-state index contributed by atoms with van der Waals surface area (Å²) in [6.45, 7) is 1.85. The maximum Gasteiger partial charge on any atom is 0.237 e. The first-order chi connectivity index (χ1) is 16.1. The fraction of sp³-hybridized carbons (Fsp3) is 0.192. The van der Waals surface area contributed by atoms with E-state index in [-0.39, 0.29) is 17.8 Å². The first kappa shape index (κ1) is 21.4. The van der Waals surface area contributed by atoms with Gasteiger partial charge in [0.25, 0.3) is 0 Å². The number of aromatic nitrogens is 3. The van der Waals surface area contributed by atoms with Crippen molar-refractivity contribution in [1.29, 1.82) is 0 Å². The van der Waals surface area contributed by atoms with E-state index in [0.717, 1.165) is 29.7 Å². The van der Waals surface area contributed by atoms with Crippen LogP contribution in [0.3, 0.4) is 0 Å². The Morgan fingerprint density at radius 2 is 1.64 bits per heavy atom. The summed E-state index contributed by atoms with van der Waals surface area (Å²) in [5, 5.41) is 11.9. The molecule has 5 nitrogen and oxygen atoms in total. The summed E-state index contributed by atoms with van der Waals surface area (Å²) in [5.74, 6) is 0.0629. The number of hydrogen-bond donors (Lipinski definition) is 1. The van der Waals surface area contributed by atoms with E-state index in [9.17, 15) is 9.18 Å². The molecule has 0 radical (unpaired) electrons. The van der Waals surface area contributed by atoms with Gasteiger partial charge in [0.15, 0.2) is 11.0 Å². The van der Waals surface area contributed by atoms with Crippen molar-refractivity contribution < 1.29 is 9.18 Å². The zero-order chi connectivity index (χ0) is 22.8. The van der Waals surface area contributed by atoms with E-state index >= 15 is 0 Å². The molecule has 0 aliphatic heterocycles. The highest BCUT2D eigenvalue weighted by atomic mass is 32.2. The van der Waals surface area contributed by atoms with Gasteiger partial charge in [0.05, 0.1) is 10.8 Å². The van der Waals surface area contributed by atoms with Crippen LogP contribution in [0.4, 0.5) is 10.1 Å². The number of halogens is 1. The van der Waals surface area contributed by atoms with Crippen molar-refractivity contribution in [2.45, 2.75) is 36.2 Å². The largest absolute Gasteiger partial charge is 0.325 e. The smallest absolute Gasteiger partial charge is 0.237 e. The molecule has 33 heavy (non-hydrogen) atoms. The number of para-hydroxylation sites is 1. The van der Waals surface area contributed by atoms with Crippen LogP contribution in [-0.2, 0) is 4.79 Å². The van der Waals surface area contributed by atoms with E-state index in [0.29, 0.717) is 16.5 Å². The van der Waals surface area contributed by atoms with E-state index in [4.69, 9.17) is 0 Å². The highest BCUT2D eigenvalue weighted by molar-refractivity contribution is 8.00. The summed E-state index contributed by atoms with van der Waals surface area (Å²) in [6.07, 6.45) is 2.00. The van der Waals surface area contributed by atoms with Crippen LogP contribution in [0.25, 0.3) is 22.5 Å². The number of hydrogen-bond acceptors (Lipinski definition) is 4. The third-order valence-electron chi connectivity index (χ3n) is 5.61. The zero-order valence-corrected chi connectivity index (χ0v) is 18.9. The summed E-state index contributed by atoms with van der Waals surface area (Å²) in [7, 11) is 0. The van der Waals surface area contributed by atoms with Crippen LogP contribution in [0.2, 0.25) is 0 Å². The lowest BCUT2D eigenvalue weighted by atomic mass is 10.0. The molecule has 1 aliphatic rings. The number of rotatable bonds is 7. The molecule has 5 rings (SSSR count). The summed E-state index contributed by atoms with van der Waals surface area (Å²) in [4.78, 5) is 13.1. The fourth-order valence-electron chi connectivity index (χ4n) is 3.75. The number of benzene rings is 3. The Bertz CT molecular complexity index is 1290. The lowest BCUT2D eigenvalue weighted by molar-refractivity contribution is -0.115. The van der Waals surface area contributed by atoms with Crippen molar-refractivity contribution >= 4 is 23.4 Å². The van der Waals surface area contributed by atoms with E-state index in [1.54, 1.807) is 18.2 Å². The quantitative estimate of drug-likeness (QED) is 0.335. The second-order valence-electron chi connectivity index (χ2n) is 8.05. The predicted octanol–water partition coefficient (Wildman–Crippen LogP) is 6.21. The summed E-state index contributed by atoms with van der Waals surface area (Å²) in [6, 6.07) is 24.5. The van der Waals surface area contributed by atoms with Crippen LogP contribution >= 0.6 is 11.8 Å². The minimum Gasteiger partial charge on any atom is -0.325 e. The molecule has 0 bridgehead atoms. The lowest BCUT2D eigenvalue weighted by Gasteiger charge is -2.15. The monoisotopic (exact) mass is 458 g/mol. The molecule has 166 valence electrons. The Kier molecular flexibility index (Phi) is 5.96. The third kappa shape index (κ3) is 4.54. The maximum atomic E-state index is 14.4. The van der Waals surface area contributed by atoms with Gasteiger partial charge in [0.2, 0.25) is 5.91 Å². The Labute approximate surface area is 196 Å². The SMILES string of the molecule is C[C@H](Sc1nnc(-c2ccccc2F)n1C1CC1)C(=O)Nc1ccccc1-c1ccccc1. The van der Waals surface area contributed by atoms with Crippen LogP contribution < -0.4 is 5.32 Å². The van der Waals surface area contributed by atoms with Gasteiger partial charge in [0, 0.05) is 17.3 Å². The zero-order valence-electron chi connectivity index (χ0n) is 18.1. The van der Waals surface area contributed by atoms with Gasteiger partial charge >= 0.3 is 0 Å². The topological polar surface area (TPSA) is 59.8 Å². The molecular weight excluding hydrogens is 435 g/mol.